The average Bonchev–Trinajstić information content (AvgIpc) is 2.61. The number of ketones is 1. The summed E-state index contributed by atoms with van der Waals surface area (Å²) in [5.74, 6) is 0.0435. The molecule has 4 nitrogen and oxygen atoms in total. The Labute approximate surface area is 145 Å². The summed E-state index contributed by atoms with van der Waals surface area (Å²) in [6.45, 7) is 4.10. The highest BCUT2D eigenvalue weighted by Gasteiger charge is 2.16. The zero-order chi connectivity index (χ0) is 17.2. The van der Waals surface area contributed by atoms with E-state index in [2.05, 4.69) is 17.6 Å². The third-order valence-corrected chi connectivity index (χ3v) is 4.63. The molecule has 1 aromatic rings. The van der Waals surface area contributed by atoms with Gasteiger partial charge in [-0.3, -0.25) is 9.59 Å². The quantitative estimate of drug-likeness (QED) is 0.540. The average molecular weight is 330 g/mol. The molecule has 1 aromatic carbocycles. The minimum Gasteiger partial charge on any atom is -0.353 e. The van der Waals surface area contributed by atoms with Crippen LogP contribution in [0.4, 0.5) is 0 Å². The van der Waals surface area contributed by atoms with E-state index in [0.717, 1.165) is 32.4 Å². The molecule has 0 spiro atoms. The molecule has 0 aromatic heterocycles. The van der Waals surface area contributed by atoms with E-state index in [-0.39, 0.29) is 30.6 Å². The third-order valence-electron chi connectivity index (χ3n) is 4.63. The summed E-state index contributed by atoms with van der Waals surface area (Å²) in [6.07, 6.45) is 7.23. The van der Waals surface area contributed by atoms with Crippen LogP contribution in [0.5, 0.6) is 0 Å². The van der Waals surface area contributed by atoms with Gasteiger partial charge in [0.15, 0.2) is 5.78 Å². The molecular weight excluding hydrogens is 300 g/mol. The number of carbonyl (C=O) groups is 2. The van der Waals surface area contributed by atoms with Crippen LogP contribution in [-0.4, -0.2) is 30.8 Å². The van der Waals surface area contributed by atoms with E-state index in [1.54, 1.807) is 0 Å². The van der Waals surface area contributed by atoms with E-state index in [1.165, 1.54) is 24.8 Å². The van der Waals surface area contributed by atoms with Gasteiger partial charge >= 0.3 is 0 Å². The number of unbranched alkanes of at least 4 members (excludes halogenated alkanes) is 2. The van der Waals surface area contributed by atoms with Crippen molar-refractivity contribution in [3.63, 3.8) is 0 Å². The molecule has 1 amide bonds. The molecule has 0 saturated carbocycles. The molecule has 0 radical (unpaired) electrons. The maximum atomic E-state index is 12.2. The fourth-order valence-corrected chi connectivity index (χ4v) is 3.07. The zero-order valence-corrected chi connectivity index (χ0v) is 14.8. The van der Waals surface area contributed by atoms with Gasteiger partial charge in [-0.05, 0) is 44.3 Å². The molecule has 24 heavy (non-hydrogen) atoms. The first-order chi connectivity index (χ1) is 11.7. The number of benzene rings is 1. The minimum absolute atomic E-state index is 0.00793. The van der Waals surface area contributed by atoms with Gasteiger partial charge in [0.05, 0.1) is 0 Å². The highest BCUT2D eigenvalue weighted by atomic mass is 16.2. The summed E-state index contributed by atoms with van der Waals surface area (Å²) in [5, 5.41) is 6.31. The van der Waals surface area contributed by atoms with Crippen LogP contribution in [-0.2, 0) is 11.2 Å². The van der Waals surface area contributed by atoms with Crippen LogP contribution in [0.3, 0.4) is 0 Å². The Morgan fingerprint density at radius 2 is 1.79 bits per heavy atom. The first kappa shape index (κ1) is 18.7. The van der Waals surface area contributed by atoms with E-state index in [1.807, 2.05) is 24.3 Å². The van der Waals surface area contributed by atoms with Crippen molar-refractivity contribution < 1.29 is 9.59 Å². The van der Waals surface area contributed by atoms with Gasteiger partial charge in [0.1, 0.15) is 0 Å². The number of Topliss-reactive ketones (excluding diaryl/α,β-unsaturated/α-hetero) is 1. The molecular formula is C20H30N2O2. The Hall–Kier alpha value is -1.68. The van der Waals surface area contributed by atoms with Crippen LogP contribution in [0.15, 0.2) is 24.3 Å². The van der Waals surface area contributed by atoms with Crippen LogP contribution in [0.2, 0.25) is 0 Å². The monoisotopic (exact) mass is 330 g/mol. The number of nitrogens with one attached hydrogen (secondary N) is 2. The van der Waals surface area contributed by atoms with Crippen LogP contribution in [0.25, 0.3) is 0 Å². The van der Waals surface area contributed by atoms with Gasteiger partial charge in [-0.15, -0.1) is 0 Å². The van der Waals surface area contributed by atoms with Crippen molar-refractivity contribution in [1.29, 1.82) is 0 Å². The standard InChI is InChI=1S/C20H30N2O2/c1-2-3-4-5-16-6-8-17(9-7-16)19(23)10-11-20(24)22-18-12-14-21-15-13-18/h6-9,18,21H,2-5,10-15H2,1H3,(H,22,24). The second-order valence-corrected chi connectivity index (χ2v) is 6.67. The highest BCUT2D eigenvalue weighted by molar-refractivity contribution is 5.98. The third kappa shape index (κ3) is 6.44. The van der Waals surface area contributed by atoms with Crippen molar-refractivity contribution in [2.75, 3.05) is 13.1 Å². The Morgan fingerprint density at radius 1 is 1.08 bits per heavy atom. The molecule has 0 atom stereocenters. The van der Waals surface area contributed by atoms with Crippen molar-refractivity contribution in [3.8, 4) is 0 Å². The van der Waals surface area contributed by atoms with Crippen molar-refractivity contribution in [2.45, 2.75) is 64.3 Å². The number of aryl methyl sites for hydroxylation is 1. The fraction of sp³-hybridized carbons (Fsp3) is 0.600. The maximum absolute atomic E-state index is 12.2. The van der Waals surface area contributed by atoms with Crippen LogP contribution in [0, 0.1) is 0 Å². The second-order valence-electron chi connectivity index (χ2n) is 6.67. The summed E-state index contributed by atoms with van der Waals surface area (Å²) in [5.41, 5.74) is 1.99. The van der Waals surface area contributed by atoms with Crippen molar-refractivity contribution >= 4 is 11.7 Å². The molecule has 0 aliphatic carbocycles. The molecule has 4 heteroatoms. The van der Waals surface area contributed by atoms with E-state index in [0.29, 0.717) is 5.56 Å². The Bertz CT molecular complexity index is 519. The number of piperidine rings is 1. The molecule has 1 heterocycles. The van der Waals surface area contributed by atoms with Gasteiger partial charge in [0.2, 0.25) is 5.91 Å². The summed E-state index contributed by atoms with van der Waals surface area (Å²) in [4.78, 5) is 24.2. The van der Waals surface area contributed by atoms with Gasteiger partial charge in [-0.1, -0.05) is 44.0 Å². The number of hydrogen-bond acceptors (Lipinski definition) is 3. The van der Waals surface area contributed by atoms with Gasteiger partial charge < -0.3 is 10.6 Å². The van der Waals surface area contributed by atoms with E-state index in [9.17, 15) is 9.59 Å². The second kappa shape index (κ2) is 10.2. The van der Waals surface area contributed by atoms with Crippen LogP contribution < -0.4 is 10.6 Å². The highest BCUT2D eigenvalue weighted by Crippen LogP contribution is 2.11. The lowest BCUT2D eigenvalue weighted by Gasteiger charge is -2.23. The molecule has 0 bridgehead atoms. The van der Waals surface area contributed by atoms with Crippen LogP contribution >= 0.6 is 0 Å². The SMILES string of the molecule is CCCCCc1ccc(C(=O)CCC(=O)NC2CCNCC2)cc1. The largest absolute Gasteiger partial charge is 0.353 e. The van der Waals surface area contributed by atoms with Gasteiger partial charge in [-0.2, -0.15) is 0 Å². The maximum Gasteiger partial charge on any atom is 0.220 e. The molecule has 2 N–H and O–H groups in total. The smallest absolute Gasteiger partial charge is 0.220 e. The van der Waals surface area contributed by atoms with Crippen LogP contribution in [0.1, 0.15) is 67.8 Å². The molecule has 2 rings (SSSR count). The normalized spacial score (nSPS) is 15.2. The van der Waals surface area contributed by atoms with E-state index < -0.39 is 0 Å². The lowest BCUT2D eigenvalue weighted by atomic mass is 10.0. The summed E-state index contributed by atoms with van der Waals surface area (Å²) >= 11 is 0. The van der Waals surface area contributed by atoms with Crippen molar-refractivity contribution in [2.24, 2.45) is 0 Å². The Balaban J connectivity index is 1.72. The molecule has 1 saturated heterocycles. The van der Waals surface area contributed by atoms with Crippen molar-refractivity contribution in [1.82, 2.24) is 10.6 Å². The first-order valence-corrected chi connectivity index (χ1v) is 9.31. The molecule has 0 unspecified atom stereocenters. The molecule has 1 aliphatic rings. The van der Waals surface area contributed by atoms with Gasteiger partial charge in [0.25, 0.3) is 0 Å². The van der Waals surface area contributed by atoms with Gasteiger partial charge in [-0.25, -0.2) is 0 Å². The van der Waals surface area contributed by atoms with E-state index >= 15 is 0 Å². The summed E-state index contributed by atoms with van der Waals surface area (Å²) in [6, 6.07) is 8.13. The number of rotatable bonds is 9. The number of amides is 1. The molecule has 1 fully saturated rings. The predicted octanol–water partition coefficient (Wildman–Crippen LogP) is 3.25. The lowest BCUT2D eigenvalue weighted by Crippen LogP contribution is -2.42. The molecule has 132 valence electrons. The predicted molar refractivity (Wildman–Crippen MR) is 97.3 cm³/mol. The Kier molecular flexibility index (Phi) is 7.96. The Morgan fingerprint density at radius 3 is 2.46 bits per heavy atom. The first-order valence-electron chi connectivity index (χ1n) is 9.31. The topological polar surface area (TPSA) is 58.2 Å². The summed E-state index contributed by atoms with van der Waals surface area (Å²) < 4.78 is 0. The van der Waals surface area contributed by atoms with Gasteiger partial charge in [0, 0.05) is 24.4 Å². The number of carbonyl (C=O) groups excluding carboxylic acids is 2. The number of hydrogen-bond donors (Lipinski definition) is 2. The molecule has 1 aliphatic heterocycles. The van der Waals surface area contributed by atoms with E-state index in [4.69, 9.17) is 0 Å². The zero-order valence-electron chi connectivity index (χ0n) is 14.8. The van der Waals surface area contributed by atoms with Crippen molar-refractivity contribution in [3.05, 3.63) is 35.4 Å². The summed E-state index contributed by atoms with van der Waals surface area (Å²) in [7, 11) is 0. The minimum atomic E-state index is -0.00793. The fourth-order valence-electron chi connectivity index (χ4n) is 3.07. The lowest BCUT2D eigenvalue weighted by molar-refractivity contribution is -0.121.